The van der Waals surface area contributed by atoms with Crippen molar-refractivity contribution in [1.29, 1.82) is 5.26 Å². The van der Waals surface area contributed by atoms with Gasteiger partial charge in [-0.3, -0.25) is 4.79 Å². The monoisotopic (exact) mass is 595 g/mol. The highest BCUT2D eigenvalue weighted by molar-refractivity contribution is 5.87. The summed E-state index contributed by atoms with van der Waals surface area (Å²) in [6.07, 6.45) is 9.81. The number of aromatic nitrogens is 2. The number of carbonyl (C=O) groups excluding carboxylic acids is 1. The Labute approximate surface area is 263 Å². The molecule has 0 radical (unpaired) electrons. The normalized spacial score (nSPS) is 15.7. The van der Waals surface area contributed by atoms with Gasteiger partial charge in [-0.15, -0.1) is 0 Å². The predicted molar refractivity (Wildman–Crippen MR) is 179 cm³/mol. The molecule has 0 N–H and O–H groups in total. The summed E-state index contributed by atoms with van der Waals surface area (Å²) in [7, 11) is 0. The van der Waals surface area contributed by atoms with Crippen molar-refractivity contribution in [2.24, 2.45) is 5.92 Å². The predicted octanol–water partition coefficient (Wildman–Crippen LogP) is 7.39. The number of ether oxygens (including phenoxy) is 1. The van der Waals surface area contributed by atoms with Gasteiger partial charge in [0.05, 0.1) is 30.8 Å². The Balaban J connectivity index is 1.56. The van der Waals surface area contributed by atoms with Crippen molar-refractivity contribution in [2.45, 2.75) is 91.5 Å². The van der Waals surface area contributed by atoms with E-state index in [9.17, 15) is 10.1 Å². The van der Waals surface area contributed by atoms with E-state index in [0.29, 0.717) is 38.2 Å². The molecular formula is C37H49N5O2. The second-order valence-electron chi connectivity index (χ2n) is 12.2. The zero-order chi connectivity index (χ0) is 31.5. The minimum absolute atomic E-state index is 0.129. The van der Waals surface area contributed by atoms with Crippen molar-refractivity contribution < 1.29 is 9.53 Å². The van der Waals surface area contributed by atoms with Crippen LogP contribution in [0.25, 0.3) is 10.8 Å². The molecule has 1 fully saturated rings. The van der Waals surface area contributed by atoms with E-state index in [1.165, 1.54) is 40.8 Å². The summed E-state index contributed by atoms with van der Waals surface area (Å²) >= 11 is 0. The van der Waals surface area contributed by atoms with Crippen LogP contribution in [0.2, 0.25) is 0 Å². The van der Waals surface area contributed by atoms with Crippen LogP contribution in [0.15, 0.2) is 49.1 Å². The Morgan fingerprint density at radius 1 is 1.16 bits per heavy atom. The minimum atomic E-state index is -0.222. The summed E-state index contributed by atoms with van der Waals surface area (Å²) in [4.78, 5) is 26.5. The number of amides is 1. The summed E-state index contributed by atoms with van der Waals surface area (Å²) in [6.45, 7) is 14.7. The van der Waals surface area contributed by atoms with Gasteiger partial charge in [0.25, 0.3) is 0 Å². The number of nitrogens with zero attached hydrogens (tertiary/aromatic N) is 5. The Kier molecular flexibility index (Phi) is 12.2. The smallest absolute Gasteiger partial charge is 0.318 e. The molecule has 1 aromatic heterocycles. The number of piperazine rings is 1. The van der Waals surface area contributed by atoms with Gasteiger partial charge in [-0.2, -0.15) is 15.2 Å². The van der Waals surface area contributed by atoms with E-state index >= 15 is 0 Å². The number of unbranched alkanes of at least 4 members (excludes halogenated alkanes) is 2. The lowest BCUT2D eigenvalue weighted by molar-refractivity contribution is -0.128. The quantitative estimate of drug-likeness (QED) is 0.135. The first-order valence-corrected chi connectivity index (χ1v) is 16.4. The Morgan fingerprint density at radius 3 is 2.73 bits per heavy atom. The topological polar surface area (TPSA) is 82.3 Å². The van der Waals surface area contributed by atoms with Gasteiger partial charge >= 0.3 is 6.01 Å². The fourth-order valence-corrected chi connectivity index (χ4v) is 6.26. The van der Waals surface area contributed by atoms with E-state index in [1.54, 1.807) is 4.90 Å². The van der Waals surface area contributed by atoms with Crippen LogP contribution in [0.5, 0.6) is 6.01 Å². The second kappa shape index (κ2) is 16.2. The molecule has 7 heteroatoms. The molecule has 2 heterocycles. The fourth-order valence-electron chi connectivity index (χ4n) is 6.26. The molecule has 44 heavy (non-hydrogen) atoms. The van der Waals surface area contributed by atoms with Gasteiger partial charge < -0.3 is 14.5 Å². The van der Waals surface area contributed by atoms with E-state index in [1.807, 2.05) is 0 Å². The highest BCUT2D eigenvalue weighted by Crippen LogP contribution is 2.30. The van der Waals surface area contributed by atoms with Crippen molar-refractivity contribution in [2.75, 3.05) is 31.1 Å². The van der Waals surface area contributed by atoms with Crippen LogP contribution in [-0.2, 0) is 24.1 Å². The number of anilines is 1. The number of benzene rings is 2. The third-order valence-electron chi connectivity index (χ3n) is 8.75. The van der Waals surface area contributed by atoms with Gasteiger partial charge in [0.2, 0.25) is 5.91 Å². The molecule has 7 nitrogen and oxygen atoms in total. The van der Waals surface area contributed by atoms with Gasteiger partial charge in [0.1, 0.15) is 5.82 Å². The Morgan fingerprint density at radius 2 is 1.98 bits per heavy atom. The molecule has 1 aliphatic rings. The Hall–Kier alpha value is -3.92. The molecule has 0 spiro atoms. The Bertz CT molecular complexity index is 1460. The molecule has 1 amide bonds. The van der Waals surface area contributed by atoms with Gasteiger partial charge in [0.15, 0.2) is 0 Å². The maximum atomic E-state index is 12.6. The molecule has 0 saturated carbocycles. The van der Waals surface area contributed by atoms with E-state index in [2.05, 4.69) is 81.6 Å². The van der Waals surface area contributed by atoms with E-state index in [-0.39, 0.29) is 18.4 Å². The molecular weight excluding hydrogens is 546 g/mol. The third kappa shape index (κ3) is 8.37. The number of nitriles is 1. The van der Waals surface area contributed by atoms with E-state index in [4.69, 9.17) is 14.7 Å². The summed E-state index contributed by atoms with van der Waals surface area (Å²) in [5, 5.41) is 12.2. The first-order valence-electron chi connectivity index (χ1n) is 16.4. The minimum Gasteiger partial charge on any atom is -0.463 e. The van der Waals surface area contributed by atoms with Crippen LogP contribution in [0.1, 0.15) is 81.7 Å². The summed E-state index contributed by atoms with van der Waals surface area (Å²) < 4.78 is 6.20. The number of aryl methyl sites for hydroxylation is 3. The molecule has 0 bridgehead atoms. The fraction of sp³-hybridized carbons (Fsp3) is 0.514. The lowest BCUT2D eigenvalue weighted by Gasteiger charge is -2.41. The summed E-state index contributed by atoms with van der Waals surface area (Å²) in [6, 6.07) is 15.8. The molecule has 1 saturated heterocycles. The number of rotatable bonds is 15. The SMILES string of the molecule is C=CC(=O)N1CCN(c2nc(OC[C@@H](C)CCCC)nc(CC)c2CCCCc2cccc3cc(C)ccc23)CC1CC#N. The number of fused-ring (bicyclic) bond motifs is 1. The van der Waals surface area contributed by atoms with Crippen molar-refractivity contribution in [1.82, 2.24) is 14.9 Å². The van der Waals surface area contributed by atoms with Crippen molar-refractivity contribution in [3.8, 4) is 12.1 Å². The highest BCUT2D eigenvalue weighted by Gasteiger charge is 2.32. The van der Waals surface area contributed by atoms with Crippen molar-refractivity contribution >= 4 is 22.5 Å². The number of carbonyl (C=O) groups is 1. The van der Waals surface area contributed by atoms with Crippen LogP contribution < -0.4 is 9.64 Å². The number of hydrogen-bond donors (Lipinski definition) is 0. The van der Waals surface area contributed by atoms with Crippen LogP contribution in [0.4, 0.5) is 5.82 Å². The second-order valence-corrected chi connectivity index (χ2v) is 12.2. The summed E-state index contributed by atoms with van der Waals surface area (Å²) in [5.74, 6) is 1.19. The number of hydrogen-bond acceptors (Lipinski definition) is 6. The molecule has 1 aliphatic heterocycles. The van der Waals surface area contributed by atoms with Gasteiger partial charge in [0, 0.05) is 25.2 Å². The average Bonchev–Trinajstić information content (AvgIpc) is 3.04. The molecule has 2 aromatic carbocycles. The standard InChI is InChI=1S/C37H49N5O2/c1-6-9-13-28(5)26-44-37-39-34(7-2)33(17-11-10-14-29-15-12-16-30-24-27(4)18-19-32(29)30)36(40-37)41-22-23-42(35(43)8-3)31(25-41)20-21-38/h8,12,15-16,18-19,24,28,31H,3,6-7,9-11,13-14,17,20,22-23,25-26H2,1-2,4-5H3/t28-,31?/m0/s1. The lowest BCUT2D eigenvalue weighted by atomic mass is 9.97. The zero-order valence-corrected chi connectivity index (χ0v) is 27.1. The van der Waals surface area contributed by atoms with Crippen LogP contribution >= 0.6 is 0 Å². The maximum Gasteiger partial charge on any atom is 0.318 e. The van der Waals surface area contributed by atoms with Crippen molar-refractivity contribution in [3.63, 3.8) is 0 Å². The summed E-state index contributed by atoms with van der Waals surface area (Å²) in [5.41, 5.74) is 4.85. The molecule has 2 atom stereocenters. The van der Waals surface area contributed by atoms with E-state index in [0.717, 1.165) is 55.6 Å². The van der Waals surface area contributed by atoms with Gasteiger partial charge in [-0.1, -0.05) is 82.2 Å². The van der Waals surface area contributed by atoms with Gasteiger partial charge in [-0.25, -0.2) is 0 Å². The first kappa shape index (κ1) is 33.0. The highest BCUT2D eigenvalue weighted by atomic mass is 16.5. The zero-order valence-electron chi connectivity index (χ0n) is 27.1. The van der Waals surface area contributed by atoms with Gasteiger partial charge in [-0.05, 0) is 73.8 Å². The van der Waals surface area contributed by atoms with Crippen LogP contribution in [0, 0.1) is 24.2 Å². The molecule has 1 unspecified atom stereocenters. The lowest BCUT2D eigenvalue weighted by Crippen LogP contribution is -2.55. The maximum absolute atomic E-state index is 12.6. The molecule has 4 rings (SSSR count). The molecule has 0 aliphatic carbocycles. The molecule has 234 valence electrons. The molecule has 3 aromatic rings. The third-order valence-corrected chi connectivity index (χ3v) is 8.75. The van der Waals surface area contributed by atoms with E-state index < -0.39 is 0 Å². The van der Waals surface area contributed by atoms with Crippen LogP contribution in [0.3, 0.4) is 0 Å². The first-order chi connectivity index (χ1) is 21.4. The largest absolute Gasteiger partial charge is 0.463 e. The van der Waals surface area contributed by atoms with Crippen LogP contribution in [-0.4, -0.2) is 53.1 Å². The van der Waals surface area contributed by atoms with Crippen molar-refractivity contribution in [3.05, 3.63) is 71.4 Å². The average molecular weight is 596 g/mol.